The van der Waals surface area contributed by atoms with Crippen molar-refractivity contribution < 1.29 is 4.74 Å². The number of hydrogen-bond donors (Lipinski definition) is 1. The van der Waals surface area contributed by atoms with Gasteiger partial charge in [0.15, 0.2) is 0 Å². The highest BCUT2D eigenvalue weighted by atomic mass is 16.5. The molecule has 0 spiro atoms. The molecule has 4 atom stereocenters. The maximum Gasteiger partial charge on any atom is 0.0623 e. The summed E-state index contributed by atoms with van der Waals surface area (Å²) in [5, 5.41) is 3.42. The molecule has 1 saturated carbocycles. The molecule has 1 N–H and O–H groups in total. The number of rotatable bonds is 3. The molecule has 0 amide bonds. The average Bonchev–Trinajstić information content (AvgIpc) is 2.86. The fourth-order valence-corrected chi connectivity index (χ4v) is 4.35. The summed E-state index contributed by atoms with van der Waals surface area (Å²) in [7, 11) is 2.08. The van der Waals surface area contributed by atoms with Crippen molar-refractivity contribution in [2.45, 2.75) is 50.6 Å². The lowest BCUT2D eigenvalue weighted by Gasteiger charge is -2.45. The van der Waals surface area contributed by atoms with Gasteiger partial charge in [0.25, 0.3) is 0 Å². The number of likely N-dealkylation sites (tertiary alicyclic amines) is 1. The van der Waals surface area contributed by atoms with Crippen molar-refractivity contribution in [2.75, 3.05) is 33.4 Å². The zero-order valence-electron chi connectivity index (χ0n) is 11.7. The molecule has 0 aromatic carbocycles. The Kier molecular flexibility index (Phi) is 4.22. The maximum atomic E-state index is 5.65. The fourth-order valence-electron chi connectivity index (χ4n) is 4.35. The fraction of sp³-hybridized carbons (Fsp3) is 1.00. The van der Waals surface area contributed by atoms with Gasteiger partial charge in [-0.15, -0.1) is 0 Å². The Labute approximate surface area is 111 Å². The second-order valence-electron chi connectivity index (χ2n) is 6.44. The SMILES string of the molecule is CNC1COCC1CN1CCCC2CCCCC21. The number of nitrogens with one attached hydrogen (secondary N) is 1. The number of hydrogen-bond acceptors (Lipinski definition) is 3. The van der Waals surface area contributed by atoms with Crippen molar-refractivity contribution in [1.82, 2.24) is 10.2 Å². The predicted molar refractivity (Wildman–Crippen MR) is 73.7 cm³/mol. The molecule has 3 fully saturated rings. The Morgan fingerprint density at radius 1 is 1.11 bits per heavy atom. The second-order valence-corrected chi connectivity index (χ2v) is 6.44. The van der Waals surface area contributed by atoms with Crippen LogP contribution in [0.4, 0.5) is 0 Å². The highest BCUT2D eigenvalue weighted by molar-refractivity contribution is 4.90. The van der Waals surface area contributed by atoms with Crippen LogP contribution in [0.5, 0.6) is 0 Å². The zero-order valence-corrected chi connectivity index (χ0v) is 11.7. The van der Waals surface area contributed by atoms with Gasteiger partial charge in [-0.25, -0.2) is 0 Å². The van der Waals surface area contributed by atoms with Crippen LogP contribution in [0.15, 0.2) is 0 Å². The third kappa shape index (κ3) is 2.59. The van der Waals surface area contributed by atoms with Crippen LogP contribution in [0.1, 0.15) is 38.5 Å². The van der Waals surface area contributed by atoms with E-state index in [0.29, 0.717) is 12.0 Å². The Bertz CT molecular complexity index is 269. The first kappa shape index (κ1) is 12.9. The monoisotopic (exact) mass is 252 g/mol. The molecule has 4 unspecified atom stereocenters. The number of likely N-dealkylation sites (N-methyl/N-ethyl adjacent to an activating group) is 1. The third-order valence-corrected chi connectivity index (χ3v) is 5.40. The van der Waals surface area contributed by atoms with Gasteiger partial charge in [-0.1, -0.05) is 12.8 Å². The van der Waals surface area contributed by atoms with Crippen molar-refractivity contribution in [2.24, 2.45) is 11.8 Å². The molecule has 1 aliphatic carbocycles. The predicted octanol–water partition coefficient (Wildman–Crippen LogP) is 1.88. The second kappa shape index (κ2) is 5.89. The van der Waals surface area contributed by atoms with Crippen LogP contribution in [-0.2, 0) is 4.74 Å². The molecule has 0 radical (unpaired) electrons. The van der Waals surface area contributed by atoms with E-state index in [-0.39, 0.29) is 0 Å². The molecule has 0 bridgehead atoms. The molecular weight excluding hydrogens is 224 g/mol. The van der Waals surface area contributed by atoms with E-state index in [2.05, 4.69) is 17.3 Å². The number of fused-ring (bicyclic) bond motifs is 1. The van der Waals surface area contributed by atoms with E-state index in [1.54, 1.807) is 0 Å². The minimum atomic E-state index is 0.578. The third-order valence-electron chi connectivity index (χ3n) is 5.40. The molecule has 0 aromatic rings. The molecule has 18 heavy (non-hydrogen) atoms. The highest BCUT2D eigenvalue weighted by Crippen LogP contribution is 2.36. The zero-order chi connectivity index (χ0) is 12.4. The summed E-state index contributed by atoms with van der Waals surface area (Å²) in [5.41, 5.74) is 0. The van der Waals surface area contributed by atoms with Crippen LogP contribution < -0.4 is 5.32 Å². The Morgan fingerprint density at radius 2 is 1.94 bits per heavy atom. The normalized spacial score (nSPS) is 41.8. The van der Waals surface area contributed by atoms with E-state index in [0.717, 1.165) is 25.2 Å². The molecule has 3 heteroatoms. The van der Waals surface area contributed by atoms with Crippen LogP contribution in [0.3, 0.4) is 0 Å². The smallest absolute Gasteiger partial charge is 0.0623 e. The van der Waals surface area contributed by atoms with Gasteiger partial charge in [-0.3, -0.25) is 4.90 Å². The highest BCUT2D eigenvalue weighted by Gasteiger charge is 2.36. The van der Waals surface area contributed by atoms with Gasteiger partial charge < -0.3 is 10.1 Å². The lowest BCUT2D eigenvalue weighted by molar-refractivity contribution is 0.0440. The average molecular weight is 252 g/mol. The van der Waals surface area contributed by atoms with Gasteiger partial charge in [0, 0.05) is 24.5 Å². The summed E-state index contributed by atoms with van der Waals surface area (Å²) >= 11 is 0. The first-order chi connectivity index (χ1) is 8.88. The van der Waals surface area contributed by atoms with Crippen LogP contribution in [-0.4, -0.2) is 50.3 Å². The summed E-state index contributed by atoms with van der Waals surface area (Å²) in [5.74, 6) is 1.71. The van der Waals surface area contributed by atoms with Crippen LogP contribution in [0.25, 0.3) is 0 Å². The van der Waals surface area contributed by atoms with Gasteiger partial charge in [0.05, 0.1) is 13.2 Å². The van der Waals surface area contributed by atoms with E-state index in [1.165, 1.54) is 51.6 Å². The maximum absolute atomic E-state index is 5.65. The van der Waals surface area contributed by atoms with Crippen molar-refractivity contribution in [3.8, 4) is 0 Å². The molecule has 3 rings (SSSR count). The van der Waals surface area contributed by atoms with Crippen molar-refractivity contribution in [3.05, 3.63) is 0 Å². The van der Waals surface area contributed by atoms with Crippen LogP contribution >= 0.6 is 0 Å². The van der Waals surface area contributed by atoms with Gasteiger partial charge in [-0.05, 0) is 45.2 Å². The number of piperidine rings is 1. The Hall–Kier alpha value is -0.120. The van der Waals surface area contributed by atoms with Crippen molar-refractivity contribution in [1.29, 1.82) is 0 Å². The standard InChI is InChI=1S/C15H28N2O/c1-16-14-11-18-10-13(14)9-17-8-4-6-12-5-2-3-7-15(12)17/h12-16H,2-11H2,1H3. The van der Waals surface area contributed by atoms with E-state index in [1.807, 2.05) is 0 Å². The quantitative estimate of drug-likeness (QED) is 0.830. The van der Waals surface area contributed by atoms with E-state index in [9.17, 15) is 0 Å². The van der Waals surface area contributed by atoms with Crippen molar-refractivity contribution >= 4 is 0 Å². The number of nitrogens with zero attached hydrogens (tertiary/aromatic N) is 1. The molecule has 2 aliphatic heterocycles. The largest absolute Gasteiger partial charge is 0.379 e. The van der Waals surface area contributed by atoms with E-state index >= 15 is 0 Å². The molecule has 2 heterocycles. The van der Waals surface area contributed by atoms with Gasteiger partial charge in [-0.2, -0.15) is 0 Å². The van der Waals surface area contributed by atoms with Crippen molar-refractivity contribution in [3.63, 3.8) is 0 Å². The summed E-state index contributed by atoms with van der Waals surface area (Å²) in [6, 6.07) is 1.47. The molecule has 0 aromatic heterocycles. The molecule has 3 aliphatic rings. The minimum absolute atomic E-state index is 0.578. The molecule has 3 nitrogen and oxygen atoms in total. The van der Waals surface area contributed by atoms with Crippen LogP contribution in [0.2, 0.25) is 0 Å². The van der Waals surface area contributed by atoms with Crippen LogP contribution in [0, 0.1) is 11.8 Å². The first-order valence-electron chi connectivity index (χ1n) is 7.87. The molecule has 2 saturated heterocycles. The Balaban J connectivity index is 1.60. The summed E-state index contributed by atoms with van der Waals surface area (Å²) < 4.78 is 5.65. The molecular formula is C15H28N2O. The topological polar surface area (TPSA) is 24.5 Å². The summed E-state index contributed by atoms with van der Waals surface area (Å²) in [6.07, 6.45) is 8.76. The molecule has 104 valence electrons. The van der Waals surface area contributed by atoms with Gasteiger partial charge in [0.2, 0.25) is 0 Å². The lowest BCUT2D eigenvalue weighted by Crippen LogP contribution is -2.50. The Morgan fingerprint density at radius 3 is 2.83 bits per heavy atom. The van der Waals surface area contributed by atoms with E-state index in [4.69, 9.17) is 4.74 Å². The summed E-state index contributed by atoms with van der Waals surface area (Å²) in [4.78, 5) is 2.80. The van der Waals surface area contributed by atoms with Gasteiger partial charge >= 0.3 is 0 Å². The number of ether oxygens (including phenoxy) is 1. The minimum Gasteiger partial charge on any atom is -0.379 e. The van der Waals surface area contributed by atoms with Gasteiger partial charge in [0.1, 0.15) is 0 Å². The van der Waals surface area contributed by atoms with E-state index < -0.39 is 0 Å². The lowest BCUT2D eigenvalue weighted by atomic mass is 9.78. The first-order valence-corrected chi connectivity index (χ1v) is 7.87. The summed E-state index contributed by atoms with van der Waals surface area (Å²) in [6.45, 7) is 4.45.